The minimum Gasteiger partial charge on any atom is -0.394 e. The fourth-order valence-corrected chi connectivity index (χ4v) is 3.10. The third-order valence-corrected chi connectivity index (χ3v) is 4.33. The normalized spacial score (nSPS) is 37.5. The number of hydrogen-bond donors (Lipinski definition) is 1. The molecule has 0 aromatic heterocycles. The summed E-state index contributed by atoms with van der Waals surface area (Å²) >= 11 is 0.743. The molecule has 2 aliphatic rings. The second kappa shape index (κ2) is 8.89. The standard InChI is InChI=1S/C21H25N3O2S/c25-14-16-26-15-13-23-9-11-24(12-10-23)21-17-5-1-3-7-19(17)27-20-8-4-2-6-18(20)22-21/h1-8,25H,9-16H2/i2D,4D,6D,8D,9D2,10D2,11D2,12D2,13D2,14D2,15D2,16D2. The van der Waals surface area contributed by atoms with E-state index in [0.717, 1.165) is 11.8 Å². The Morgan fingerprint density at radius 2 is 1.96 bits per heavy atom. The number of hydrogen-bond acceptors (Lipinski definition) is 6. The zero-order chi connectivity index (χ0) is 36.3. The first-order chi connectivity index (χ1) is 20.9. The second-order valence-electron chi connectivity index (χ2n) is 4.86. The third-order valence-electron chi connectivity index (χ3n) is 3.26. The van der Waals surface area contributed by atoms with Crippen LogP contribution in [0.3, 0.4) is 0 Å². The van der Waals surface area contributed by atoms with Crippen LogP contribution in [0, 0.1) is 0 Å². The van der Waals surface area contributed by atoms with Crippen LogP contribution >= 0.6 is 11.8 Å². The lowest BCUT2D eigenvalue weighted by atomic mass is 10.1. The van der Waals surface area contributed by atoms with Gasteiger partial charge in [-0.2, -0.15) is 0 Å². The van der Waals surface area contributed by atoms with Gasteiger partial charge in [0.15, 0.2) is 0 Å². The van der Waals surface area contributed by atoms with Gasteiger partial charge in [-0.3, -0.25) is 4.90 Å². The van der Waals surface area contributed by atoms with Crippen LogP contribution in [0.25, 0.3) is 0 Å². The van der Waals surface area contributed by atoms with Crippen molar-refractivity contribution in [1.29, 1.82) is 0 Å². The molecular formula is C21H25N3O2S. The van der Waals surface area contributed by atoms with Crippen molar-refractivity contribution in [3.8, 4) is 0 Å². The van der Waals surface area contributed by atoms with Crippen molar-refractivity contribution in [1.82, 2.24) is 9.80 Å². The molecule has 5 nitrogen and oxygen atoms in total. The Hall–Kier alpha value is -1.86. The number of ether oxygens (including phenoxy) is 1. The fraction of sp³-hybridized carbons (Fsp3) is 0.381. The average Bonchev–Trinajstić information content (AvgIpc) is 3.05. The third kappa shape index (κ3) is 4.35. The molecule has 2 aromatic carbocycles. The Labute approximate surface area is 192 Å². The molecule has 142 valence electrons. The van der Waals surface area contributed by atoms with E-state index in [1.54, 1.807) is 0 Å². The molecule has 0 atom stereocenters. The summed E-state index contributed by atoms with van der Waals surface area (Å²) in [5.74, 6) is -0.871. The molecule has 1 saturated heterocycles. The van der Waals surface area contributed by atoms with Crippen LogP contribution in [0.1, 0.15) is 33.0 Å². The van der Waals surface area contributed by atoms with E-state index in [2.05, 4.69) is 9.73 Å². The quantitative estimate of drug-likeness (QED) is 0.832. The predicted molar refractivity (Wildman–Crippen MR) is 109 cm³/mol. The average molecular weight is 404 g/mol. The Kier molecular flexibility index (Phi) is 2.08. The summed E-state index contributed by atoms with van der Waals surface area (Å²) in [6, 6.07) is 2.78. The highest BCUT2D eigenvalue weighted by atomic mass is 32.2. The highest BCUT2D eigenvalue weighted by Gasteiger charge is 2.24. The van der Waals surface area contributed by atoms with E-state index in [9.17, 15) is 5.11 Å². The minimum absolute atomic E-state index is 0.103. The van der Waals surface area contributed by atoms with Gasteiger partial charge in [-0.1, -0.05) is 42.0 Å². The van der Waals surface area contributed by atoms with Crippen LogP contribution in [-0.2, 0) is 4.74 Å². The molecule has 0 aliphatic carbocycles. The summed E-state index contributed by atoms with van der Waals surface area (Å²) in [5, 5.41) is 9.47. The van der Waals surface area contributed by atoms with Crippen LogP contribution in [0.15, 0.2) is 63.2 Å². The van der Waals surface area contributed by atoms with Gasteiger partial charge in [0.1, 0.15) is 5.84 Å². The van der Waals surface area contributed by atoms with E-state index >= 15 is 0 Å². The first-order valence-electron chi connectivity index (χ1n) is 17.4. The van der Waals surface area contributed by atoms with Crippen molar-refractivity contribution in [2.24, 2.45) is 4.99 Å². The monoisotopic (exact) mass is 403 g/mol. The summed E-state index contributed by atoms with van der Waals surface area (Å²) in [6.45, 7) is -32.9. The van der Waals surface area contributed by atoms with Crippen molar-refractivity contribution >= 4 is 23.3 Å². The van der Waals surface area contributed by atoms with Gasteiger partial charge in [0, 0.05) is 56.1 Å². The fourth-order valence-electron chi connectivity index (χ4n) is 2.17. The van der Waals surface area contributed by atoms with Crippen molar-refractivity contribution in [2.45, 2.75) is 9.79 Å². The molecule has 0 bridgehead atoms. The van der Waals surface area contributed by atoms with Gasteiger partial charge in [0.05, 0.1) is 44.6 Å². The zero-order valence-electron chi connectivity index (χ0n) is 33.4. The number of para-hydroxylation sites is 1. The van der Waals surface area contributed by atoms with Gasteiger partial charge in [0.25, 0.3) is 0 Å². The number of piperazine rings is 1. The number of aliphatic imine (C=N–C) groups is 1. The molecule has 2 aliphatic heterocycles. The summed E-state index contributed by atoms with van der Waals surface area (Å²) < 4.78 is 170. The van der Waals surface area contributed by atoms with Crippen LogP contribution in [0.4, 0.5) is 5.69 Å². The van der Waals surface area contributed by atoms with Crippen molar-refractivity contribution in [3.05, 3.63) is 54.0 Å². The zero-order valence-corrected chi connectivity index (χ0v) is 14.2. The molecular weight excluding hydrogens is 358 g/mol. The molecule has 0 spiro atoms. The summed E-state index contributed by atoms with van der Waals surface area (Å²) in [7, 11) is 0. The van der Waals surface area contributed by atoms with E-state index in [1.165, 1.54) is 24.3 Å². The van der Waals surface area contributed by atoms with E-state index in [1.807, 2.05) is 0 Å². The van der Waals surface area contributed by atoms with E-state index < -0.39 is 92.8 Å². The van der Waals surface area contributed by atoms with Crippen molar-refractivity contribution in [2.75, 3.05) is 52.2 Å². The van der Waals surface area contributed by atoms with Gasteiger partial charge in [-0.05, 0) is 18.2 Å². The molecule has 4 rings (SSSR count). The predicted octanol–water partition coefficient (Wildman–Crippen LogP) is 2.86. The topological polar surface area (TPSA) is 48.3 Å². The maximum Gasteiger partial charge on any atom is 0.137 e. The Bertz CT molecular complexity index is 1610. The molecule has 0 unspecified atom stereocenters. The minimum atomic E-state index is -4.36. The van der Waals surface area contributed by atoms with Gasteiger partial charge >= 0.3 is 0 Å². The summed E-state index contributed by atoms with van der Waals surface area (Å²) in [5.41, 5.74) is -0.707. The van der Waals surface area contributed by atoms with Crippen molar-refractivity contribution in [3.63, 3.8) is 0 Å². The van der Waals surface area contributed by atoms with Gasteiger partial charge < -0.3 is 14.7 Å². The number of rotatable bonds is 5. The molecule has 1 N–H and O–H groups in total. The summed E-state index contributed by atoms with van der Waals surface area (Å²) in [4.78, 5) is 3.17. The number of fused-ring (bicyclic) bond motifs is 2. The van der Waals surface area contributed by atoms with Gasteiger partial charge in [-0.25, -0.2) is 4.99 Å². The number of nitrogens with zero attached hydrogens (tertiary/aromatic N) is 3. The Balaban J connectivity index is 2.02. The lowest BCUT2D eigenvalue weighted by molar-refractivity contribution is 0.0652. The lowest BCUT2D eigenvalue weighted by Crippen LogP contribution is -2.49. The molecule has 0 amide bonds. The largest absolute Gasteiger partial charge is 0.394 e. The maximum absolute atomic E-state index is 9.47. The van der Waals surface area contributed by atoms with E-state index in [0.29, 0.717) is 0 Å². The maximum atomic E-state index is 9.47. The number of aliphatic hydroxyl groups is 1. The number of benzene rings is 2. The highest BCUT2D eigenvalue weighted by molar-refractivity contribution is 7.99. The SMILES string of the molecule is [2H]c1c([2H])c([2H])c2c(c1[2H])N=C(N1C([2H])([2H])C([2H])([2H])N(C([2H])([2H])C([2H])([2H])OC([2H])([2H])C([2H])([2H])O)C([2H])([2H])C1([2H])[2H])c1ccccc1S2. The Morgan fingerprint density at radius 3 is 2.81 bits per heavy atom. The van der Waals surface area contributed by atoms with E-state index in [4.69, 9.17) is 27.4 Å². The molecule has 0 saturated carbocycles. The molecule has 0 radical (unpaired) electrons. The lowest BCUT2D eigenvalue weighted by Gasteiger charge is -2.36. The first-order valence-corrected chi connectivity index (χ1v) is 8.22. The summed E-state index contributed by atoms with van der Waals surface area (Å²) in [6.07, 6.45) is 0. The van der Waals surface area contributed by atoms with Crippen LogP contribution < -0.4 is 0 Å². The number of amidine groups is 1. The molecule has 6 heteroatoms. The highest BCUT2D eigenvalue weighted by Crippen LogP contribution is 2.40. The smallest absolute Gasteiger partial charge is 0.137 e. The van der Waals surface area contributed by atoms with Crippen LogP contribution in [0.5, 0.6) is 0 Å². The van der Waals surface area contributed by atoms with E-state index in [-0.39, 0.29) is 20.3 Å². The molecule has 27 heavy (non-hydrogen) atoms. The molecule has 1 fully saturated rings. The Morgan fingerprint density at radius 1 is 1.15 bits per heavy atom. The van der Waals surface area contributed by atoms with Crippen molar-refractivity contribution < 1.29 is 37.3 Å². The molecule has 2 aromatic rings. The van der Waals surface area contributed by atoms with Gasteiger partial charge in [-0.15, -0.1) is 0 Å². The second-order valence-corrected chi connectivity index (χ2v) is 5.91. The first kappa shape index (κ1) is 6.32. The van der Waals surface area contributed by atoms with Gasteiger partial charge in [0.2, 0.25) is 0 Å². The molecule has 2 heterocycles. The van der Waals surface area contributed by atoms with Crippen LogP contribution in [-0.4, -0.2) is 72.9 Å². The van der Waals surface area contributed by atoms with Crippen LogP contribution in [0.2, 0.25) is 0 Å².